The lowest BCUT2D eigenvalue weighted by molar-refractivity contribution is -0.211. The first-order valence-corrected chi connectivity index (χ1v) is 31.5. The smallest absolute Gasteiger partial charge is 0.417 e. The summed E-state index contributed by atoms with van der Waals surface area (Å²) in [5, 5.41) is 0.794. The molecule has 394 valence electrons. The Hall–Kier alpha value is -1.96. The van der Waals surface area contributed by atoms with Crippen molar-refractivity contribution in [3.63, 3.8) is 0 Å². The molecule has 10 nitrogen and oxygen atoms in total. The minimum Gasteiger partial charge on any atom is -0.472 e. The summed E-state index contributed by atoms with van der Waals surface area (Å²) in [6, 6.07) is 4.36. The van der Waals surface area contributed by atoms with E-state index in [0.29, 0.717) is 57.8 Å². The molecule has 0 bridgehead atoms. The Morgan fingerprint density at radius 2 is 1.00 bits per heavy atom. The lowest BCUT2D eigenvalue weighted by Crippen LogP contribution is -2.63. The van der Waals surface area contributed by atoms with Gasteiger partial charge in [0, 0.05) is 56.8 Å². The molecule has 2 aromatic heterocycles. The Balaban J connectivity index is 0.732. The third-order valence-electron chi connectivity index (χ3n) is 24.7. The van der Waals surface area contributed by atoms with Crippen LogP contribution < -0.4 is 0 Å². The van der Waals surface area contributed by atoms with E-state index in [4.69, 9.17) is 27.8 Å². The number of fused-ring (bicyclic) bond motifs is 6. The van der Waals surface area contributed by atoms with E-state index >= 15 is 0 Å². The highest BCUT2D eigenvalue weighted by molar-refractivity contribution is 8.00. The summed E-state index contributed by atoms with van der Waals surface area (Å²) >= 11 is 4.20. The number of esters is 2. The van der Waals surface area contributed by atoms with E-state index in [9.17, 15) is 9.59 Å². The van der Waals surface area contributed by atoms with Gasteiger partial charge in [0.05, 0.1) is 37.3 Å². The summed E-state index contributed by atoms with van der Waals surface area (Å²) in [6.45, 7) is 17.1. The predicted octanol–water partition coefficient (Wildman–Crippen LogP) is 11.5. The van der Waals surface area contributed by atoms with Crippen LogP contribution in [-0.4, -0.2) is 119 Å². The van der Waals surface area contributed by atoms with Crippen LogP contribution in [0.4, 0.5) is 0 Å². The van der Waals surface area contributed by atoms with Gasteiger partial charge in [-0.15, -0.1) is 0 Å². The van der Waals surface area contributed by atoms with E-state index in [0.717, 1.165) is 102 Å². The molecule has 12 fully saturated rings. The van der Waals surface area contributed by atoms with Gasteiger partial charge in [-0.2, -0.15) is 23.5 Å². The number of likely N-dealkylation sites (tertiary alicyclic amines) is 2. The van der Waals surface area contributed by atoms with Crippen molar-refractivity contribution >= 4 is 35.5 Å². The van der Waals surface area contributed by atoms with E-state index in [-0.39, 0.29) is 57.3 Å². The third kappa shape index (κ3) is 7.07. The van der Waals surface area contributed by atoms with Crippen LogP contribution in [0, 0.1) is 57.2 Å². The molecule has 8 saturated carbocycles. The molecule has 6 heterocycles. The minimum atomic E-state index is -0.750. The molecule has 0 aromatic carbocycles. The zero-order valence-electron chi connectivity index (χ0n) is 43.9. The fraction of sp³-hybridized carbons (Fsp3) is 0.833. The maximum absolute atomic E-state index is 15.0. The van der Waals surface area contributed by atoms with Crippen LogP contribution in [0.5, 0.6) is 0 Å². The third-order valence-corrected chi connectivity index (χ3v) is 27.2. The summed E-state index contributed by atoms with van der Waals surface area (Å²) in [4.78, 5) is 35.2. The van der Waals surface area contributed by atoms with Crippen molar-refractivity contribution in [3.8, 4) is 0 Å². The Morgan fingerprint density at radius 1 is 0.569 bits per heavy atom. The fourth-order valence-electron chi connectivity index (χ4n) is 21.0. The predicted molar refractivity (Wildman–Crippen MR) is 280 cm³/mol. The van der Waals surface area contributed by atoms with Gasteiger partial charge in [-0.05, 0) is 212 Å². The van der Waals surface area contributed by atoms with Crippen LogP contribution in [-0.2, 0) is 28.5 Å². The van der Waals surface area contributed by atoms with Crippen LogP contribution in [0.1, 0.15) is 166 Å². The van der Waals surface area contributed by atoms with Gasteiger partial charge < -0.3 is 37.6 Å². The minimum absolute atomic E-state index is 0.0450. The molecule has 2 aromatic rings. The standard InChI is InChI=1S/C60H84N2O8S2/c1-55-17-13-43-45(59(55)51(69-59)33-47(55)37-15-25-65-35-37)11-9-39-29-41(71-27-23-61-19-5-6-20-61)31-49(57(39,43)3)67-53(63)54(64)68-50-32-42(72-28-24-62-21-7-8-22-62)30-40-10-12-46-44(58(40,50)4)14-18-56(2)48(38-16-26-66-36-38)34-52-60(46,56)70-52/h15-16,25-26,35-36,39-52H,5-14,17-24,27-34H2,1-4H3/t39?,40?,41?,42?,43-,44-,45-,46-,47?,48?,49?,50?,51?,52?,55-,56-,57+,58+,59+,60+/m1/s1. The highest BCUT2D eigenvalue weighted by Crippen LogP contribution is 2.80. The highest BCUT2D eigenvalue weighted by Gasteiger charge is 2.83. The van der Waals surface area contributed by atoms with E-state index in [2.05, 4.69) is 73.2 Å². The van der Waals surface area contributed by atoms with Crippen molar-refractivity contribution in [2.75, 3.05) is 50.8 Å². The molecule has 14 rings (SSSR count). The van der Waals surface area contributed by atoms with Gasteiger partial charge in [0.2, 0.25) is 0 Å². The number of rotatable bonds is 12. The van der Waals surface area contributed by atoms with Crippen LogP contribution >= 0.6 is 23.5 Å². The summed E-state index contributed by atoms with van der Waals surface area (Å²) in [7, 11) is 0. The molecule has 4 aliphatic heterocycles. The van der Waals surface area contributed by atoms with E-state index < -0.39 is 11.9 Å². The molecule has 12 heteroatoms. The largest absolute Gasteiger partial charge is 0.472 e. The summed E-state index contributed by atoms with van der Waals surface area (Å²) in [6.07, 6.45) is 27.7. The molecule has 2 spiro atoms. The first kappa shape index (κ1) is 48.4. The second-order valence-corrected chi connectivity index (χ2v) is 29.7. The lowest BCUT2D eigenvalue weighted by atomic mass is 9.43. The summed E-state index contributed by atoms with van der Waals surface area (Å²) in [5.74, 6) is 3.99. The number of hydrogen-bond acceptors (Lipinski definition) is 12. The van der Waals surface area contributed by atoms with E-state index in [1.54, 1.807) is 0 Å². The number of ether oxygens (including phenoxy) is 4. The molecule has 0 N–H and O–H groups in total. The second-order valence-electron chi connectivity index (χ2n) is 26.9. The molecule has 4 saturated heterocycles. The number of nitrogens with zero attached hydrogens (tertiary/aromatic N) is 2. The maximum Gasteiger partial charge on any atom is 0.417 e. The Morgan fingerprint density at radius 3 is 1.40 bits per heavy atom. The van der Waals surface area contributed by atoms with Crippen LogP contribution in [0.2, 0.25) is 0 Å². The molecule has 0 amide bonds. The van der Waals surface area contributed by atoms with Gasteiger partial charge in [-0.1, -0.05) is 27.7 Å². The van der Waals surface area contributed by atoms with Crippen LogP contribution in [0.25, 0.3) is 0 Å². The Bertz CT molecular complexity index is 2180. The van der Waals surface area contributed by atoms with Gasteiger partial charge in [-0.25, -0.2) is 9.59 Å². The number of furan rings is 2. The normalized spacial score (nSPS) is 49.8. The quantitative estimate of drug-likeness (QED) is 0.115. The van der Waals surface area contributed by atoms with Crippen LogP contribution in [0.15, 0.2) is 46.0 Å². The van der Waals surface area contributed by atoms with Crippen molar-refractivity contribution in [2.24, 2.45) is 57.2 Å². The molecule has 20 atom stereocenters. The number of hydrogen-bond donors (Lipinski definition) is 0. The van der Waals surface area contributed by atoms with Gasteiger partial charge in [0.1, 0.15) is 23.4 Å². The van der Waals surface area contributed by atoms with Gasteiger partial charge in [-0.3, -0.25) is 0 Å². The number of carbonyl (C=O) groups excluding carboxylic acids is 2. The maximum atomic E-state index is 15.0. The van der Waals surface area contributed by atoms with Gasteiger partial charge in [0.15, 0.2) is 0 Å². The molecule has 12 aliphatic rings. The van der Waals surface area contributed by atoms with Crippen molar-refractivity contribution in [1.82, 2.24) is 9.80 Å². The van der Waals surface area contributed by atoms with Gasteiger partial charge >= 0.3 is 11.9 Å². The monoisotopic (exact) mass is 1020 g/mol. The number of thioether (sulfide) groups is 2. The molecular weight excluding hydrogens is 941 g/mol. The molecule has 8 aliphatic carbocycles. The zero-order valence-corrected chi connectivity index (χ0v) is 45.5. The molecule has 0 radical (unpaired) electrons. The second kappa shape index (κ2) is 17.8. The van der Waals surface area contributed by atoms with Gasteiger partial charge in [0.25, 0.3) is 0 Å². The SMILES string of the molecule is C[C@]12C(CC[C@@H]3[C@H]1CC[C@]1(C)C(c4ccoc4)CC4O[C@]431)CC(SCCN1CCCC1)CC2OC(=O)C(=O)OC1CC(SCCN2CCCC2)CC2CC[C@@H]3[C@@H](CC[C@]4(C)C(c5ccoc5)CC5O[C@]534)[C@]21C. The van der Waals surface area contributed by atoms with Crippen molar-refractivity contribution in [2.45, 2.75) is 201 Å². The molecular formula is C60H84N2O8S2. The molecule has 10 unspecified atom stereocenters. The van der Waals surface area contributed by atoms with Crippen molar-refractivity contribution in [3.05, 3.63) is 48.3 Å². The first-order valence-electron chi connectivity index (χ1n) is 29.4. The van der Waals surface area contributed by atoms with Crippen LogP contribution in [0.3, 0.4) is 0 Å². The average Bonchev–Trinajstić information content (AvgIpc) is 3.94. The summed E-state index contributed by atoms with van der Waals surface area (Å²) < 4.78 is 39.2. The summed E-state index contributed by atoms with van der Waals surface area (Å²) in [5.41, 5.74) is 1.95. The Kier molecular flexibility index (Phi) is 12.0. The Labute approximate surface area is 438 Å². The zero-order chi connectivity index (χ0) is 48.8. The topological polar surface area (TPSA) is 110 Å². The van der Waals surface area contributed by atoms with Crippen molar-refractivity contribution < 1.29 is 37.4 Å². The first-order chi connectivity index (χ1) is 34.9. The van der Waals surface area contributed by atoms with E-state index in [1.165, 1.54) is 75.8 Å². The lowest BCUT2D eigenvalue weighted by Gasteiger charge is -2.63. The van der Waals surface area contributed by atoms with E-state index in [1.807, 2.05) is 25.1 Å². The molecule has 72 heavy (non-hydrogen) atoms. The highest BCUT2D eigenvalue weighted by atomic mass is 32.2. The fourth-order valence-corrected chi connectivity index (χ4v) is 23.8. The number of epoxide rings is 2. The average molecular weight is 1030 g/mol. The van der Waals surface area contributed by atoms with Crippen molar-refractivity contribution in [1.29, 1.82) is 0 Å². The number of carbonyl (C=O) groups is 2.